The molecule has 3 N–H and O–H groups in total. The number of rotatable bonds is 6. The lowest BCUT2D eigenvalue weighted by Gasteiger charge is -2.16. The number of aromatic hydroxyl groups is 1. The van der Waals surface area contributed by atoms with Gasteiger partial charge in [-0.05, 0) is 36.2 Å². The highest BCUT2D eigenvalue weighted by Crippen LogP contribution is 2.18. The average molecular weight is 320 g/mol. The minimum Gasteiger partial charge on any atom is -0.508 e. The molecule has 0 fully saturated rings. The van der Waals surface area contributed by atoms with Crippen LogP contribution < -0.4 is 5.32 Å². The van der Waals surface area contributed by atoms with Gasteiger partial charge in [-0.2, -0.15) is 0 Å². The summed E-state index contributed by atoms with van der Waals surface area (Å²) in [6.45, 7) is 0.280. The molecule has 5 heteroatoms. The largest absolute Gasteiger partial charge is 0.508 e. The maximum Gasteiger partial charge on any atom is 0.251 e. The van der Waals surface area contributed by atoms with Crippen molar-refractivity contribution >= 4 is 17.5 Å². The molecule has 0 saturated carbocycles. The minimum atomic E-state index is -0.284. The zero-order chi connectivity index (χ0) is 15.9. The van der Waals surface area contributed by atoms with Crippen molar-refractivity contribution in [2.45, 2.75) is 6.42 Å². The molecule has 0 radical (unpaired) electrons. The van der Waals surface area contributed by atoms with Gasteiger partial charge in [0.1, 0.15) is 5.75 Å². The molecule has 0 aromatic heterocycles. The van der Waals surface area contributed by atoms with Crippen LogP contribution in [0.3, 0.4) is 0 Å². The van der Waals surface area contributed by atoms with Crippen molar-refractivity contribution in [1.82, 2.24) is 5.32 Å². The summed E-state index contributed by atoms with van der Waals surface area (Å²) in [5.41, 5.74) is 1.32. The number of aliphatic hydroxyl groups is 1. The second-order valence-corrected chi connectivity index (χ2v) is 5.51. The fourth-order valence-electron chi connectivity index (χ4n) is 2.16. The van der Waals surface area contributed by atoms with Crippen molar-refractivity contribution in [2.24, 2.45) is 5.92 Å². The van der Waals surface area contributed by atoms with Gasteiger partial charge in [0, 0.05) is 29.7 Å². The van der Waals surface area contributed by atoms with Crippen LogP contribution >= 0.6 is 11.6 Å². The van der Waals surface area contributed by atoms with Gasteiger partial charge in [-0.1, -0.05) is 35.9 Å². The van der Waals surface area contributed by atoms with Crippen molar-refractivity contribution in [1.29, 1.82) is 0 Å². The van der Waals surface area contributed by atoms with Crippen LogP contribution in [0.5, 0.6) is 5.75 Å². The Morgan fingerprint density at radius 1 is 1.18 bits per heavy atom. The first-order valence-electron chi connectivity index (χ1n) is 7.01. The SMILES string of the molecule is O=C(NC[C@@H](CO)Cc1ccccc1Cl)c1cccc(O)c1. The van der Waals surface area contributed by atoms with Gasteiger partial charge in [0.15, 0.2) is 0 Å². The van der Waals surface area contributed by atoms with E-state index in [2.05, 4.69) is 5.32 Å². The average Bonchev–Trinajstić information content (AvgIpc) is 2.52. The molecule has 1 atom stereocenters. The topological polar surface area (TPSA) is 69.6 Å². The smallest absolute Gasteiger partial charge is 0.251 e. The van der Waals surface area contributed by atoms with Crippen LogP contribution in [0, 0.1) is 5.92 Å². The van der Waals surface area contributed by atoms with E-state index in [9.17, 15) is 15.0 Å². The van der Waals surface area contributed by atoms with Crippen molar-refractivity contribution in [2.75, 3.05) is 13.2 Å². The van der Waals surface area contributed by atoms with Crippen LogP contribution in [0.1, 0.15) is 15.9 Å². The number of hydrogen-bond donors (Lipinski definition) is 3. The van der Waals surface area contributed by atoms with E-state index in [4.69, 9.17) is 11.6 Å². The van der Waals surface area contributed by atoms with Crippen LogP contribution in [0.15, 0.2) is 48.5 Å². The maximum atomic E-state index is 12.0. The molecule has 2 aromatic carbocycles. The van der Waals surface area contributed by atoms with Crippen LogP contribution in [0.25, 0.3) is 0 Å². The van der Waals surface area contributed by atoms with Crippen molar-refractivity contribution < 1.29 is 15.0 Å². The van der Waals surface area contributed by atoms with Crippen LogP contribution in [-0.4, -0.2) is 29.3 Å². The quantitative estimate of drug-likeness (QED) is 0.766. The summed E-state index contributed by atoms with van der Waals surface area (Å²) in [6.07, 6.45) is 0.580. The van der Waals surface area contributed by atoms with E-state index >= 15 is 0 Å². The lowest BCUT2D eigenvalue weighted by atomic mass is 10.00. The minimum absolute atomic E-state index is 0.0439. The van der Waals surface area contributed by atoms with Gasteiger partial charge in [-0.15, -0.1) is 0 Å². The first-order chi connectivity index (χ1) is 10.6. The molecular weight excluding hydrogens is 302 g/mol. The van der Waals surface area contributed by atoms with Gasteiger partial charge in [0.25, 0.3) is 5.91 Å². The molecule has 116 valence electrons. The summed E-state index contributed by atoms with van der Waals surface area (Å²) >= 11 is 6.10. The fourth-order valence-corrected chi connectivity index (χ4v) is 2.38. The molecule has 0 aliphatic rings. The van der Waals surface area contributed by atoms with Gasteiger partial charge in [-0.25, -0.2) is 0 Å². The molecule has 2 aromatic rings. The predicted molar refractivity (Wildman–Crippen MR) is 86.2 cm³/mol. The summed E-state index contributed by atoms with van der Waals surface area (Å²) in [5.74, 6) is -0.364. The number of halogens is 1. The van der Waals surface area contributed by atoms with Crippen LogP contribution in [-0.2, 0) is 6.42 Å². The van der Waals surface area contributed by atoms with E-state index in [1.807, 2.05) is 18.2 Å². The molecule has 4 nitrogen and oxygen atoms in total. The normalized spacial score (nSPS) is 11.9. The summed E-state index contributed by atoms with van der Waals surface area (Å²) in [6, 6.07) is 13.6. The van der Waals surface area contributed by atoms with E-state index in [0.717, 1.165) is 5.56 Å². The highest BCUT2D eigenvalue weighted by molar-refractivity contribution is 6.31. The number of carbonyl (C=O) groups is 1. The van der Waals surface area contributed by atoms with Crippen LogP contribution in [0.2, 0.25) is 5.02 Å². The first-order valence-corrected chi connectivity index (χ1v) is 7.39. The Kier molecular flexibility index (Phi) is 5.81. The van der Waals surface area contributed by atoms with Gasteiger partial charge < -0.3 is 15.5 Å². The third kappa shape index (κ3) is 4.48. The Hall–Kier alpha value is -2.04. The fraction of sp³-hybridized carbons (Fsp3) is 0.235. The molecule has 0 spiro atoms. The Balaban J connectivity index is 1.94. The highest BCUT2D eigenvalue weighted by atomic mass is 35.5. The zero-order valence-electron chi connectivity index (χ0n) is 12.0. The number of phenolic OH excluding ortho intramolecular Hbond substituents is 1. The summed E-state index contributed by atoms with van der Waals surface area (Å²) in [5, 5.41) is 22.3. The summed E-state index contributed by atoms with van der Waals surface area (Å²) in [4.78, 5) is 12.0. The summed E-state index contributed by atoms with van der Waals surface area (Å²) in [7, 11) is 0. The standard InChI is InChI=1S/C17H18ClNO3/c18-16-7-2-1-4-13(16)8-12(11-20)10-19-17(22)14-5-3-6-15(21)9-14/h1-7,9,12,20-21H,8,10-11H2,(H,19,22)/t12-/m0/s1. The molecule has 0 aliphatic heterocycles. The molecular formula is C17H18ClNO3. The van der Waals surface area contributed by atoms with Gasteiger partial charge in [0.2, 0.25) is 0 Å². The Morgan fingerprint density at radius 3 is 2.64 bits per heavy atom. The predicted octanol–water partition coefficient (Wildman–Crippen LogP) is 2.63. The maximum absolute atomic E-state index is 12.0. The van der Waals surface area contributed by atoms with E-state index in [1.165, 1.54) is 12.1 Å². The van der Waals surface area contributed by atoms with Gasteiger partial charge in [0.05, 0.1) is 0 Å². The third-order valence-corrected chi connectivity index (χ3v) is 3.75. The zero-order valence-corrected chi connectivity index (χ0v) is 12.8. The number of benzene rings is 2. The monoisotopic (exact) mass is 319 g/mol. The van der Waals surface area contributed by atoms with Crippen molar-refractivity contribution in [3.05, 3.63) is 64.7 Å². The number of amides is 1. The molecule has 0 bridgehead atoms. The van der Waals surface area contributed by atoms with Gasteiger partial charge in [-0.3, -0.25) is 4.79 Å². The molecule has 0 saturated heterocycles. The Labute approximate surface area is 134 Å². The molecule has 22 heavy (non-hydrogen) atoms. The Bertz CT molecular complexity index is 645. The Morgan fingerprint density at radius 2 is 1.95 bits per heavy atom. The lowest BCUT2D eigenvalue weighted by Crippen LogP contribution is -2.31. The first kappa shape index (κ1) is 16.3. The van der Waals surface area contributed by atoms with E-state index < -0.39 is 0 Å². The van der Waals surface area contributed by atoms with E-state index in [1.54, 1.807) is 18.2 Å². The van der Waals surface area contributed by atoms with Crippen LogP contribution in [0.4, 0.5) is 0 Å². The molecule has 0 heterocycles. The van der Waals surface area contributed by atoms with Crippen molar-refractivity contribution in [3.63, 3.8) is 0 Å². The van der Waals surface area contributed by atoms with Crippen molar-refractivity contribution in [3.8, 4) is 5.75 Å². The molecule has 2 rings (SSSR count). The number of nitrogens with one attached hydrogen (secondary N) is 1. The molecule has 1 amide bonds. The third-order valence-electron chi connectivity index (χ3n) is 3.38. The number of carbonyl (C=O) groups excluding carboxylic acids is 1. The van der Waals surface area contributed by atoms with E-state index in [-0.39, 0.29) is 24.2 Å². The van der Waals surface area contributed by atoms with Gasteiger partial charge >= 0.3 is 0 Å². The second kappa shape index (κ2) is 7.82. The number of aliphatic hydroxyl groups excluding tert-OH is 1. The lowest BCUT2D eigenvalue weighted by molar-refractivity contribution is 0.0939. The summed E-state index contributed by atoms with van der Waals surface area (Å²) < 4.78 is 0. The van der Waals surface area contributed by atoms with E-state index in [0.29, 0.717) is 23.6 Å². The molecule has 0 unspecified atom stereocenters. The molecule has 0 aliphatic carbocycles. The number of hydrogen-bond acceptors (Lipinski definition) is 3. The number of phenols is 1. The highest BCUT2D eigenvalue weighted by Gasteiger charge is 2.13. The second-order valence-electron chi connectivity index (χ2n) is 5.10.